The van der Waals surface area contributed by atoms with E-state index in [4.69, 9.17) is 5.26 Å². The molecule has 0 amide bonds. The molecule has 1 aliphatic rings. The van der Waals surface area contributed by atoms with E-state index in [-0.39, 0.29) is 18.0 Å². The maximum absolute atomic E-state index is 12.6. The van der Waals surface area contributed by atoms with Crippen LogP contribution in [0.25, 0.3) is 0 Å². The summed E-state index contributed by atoms with van der Waals surface area (Å²) in [5, 5.41) is 8.93. The molecule has 106 valence electrons. The fourth-order valence-electron chi connectivity index (χ4n) is 2.59. The van der Waals surface area contributed by atoms with Crippen molar-refractivity contribution in [3.8, 4) is 6.07 Å². The van der Waals surface area contributed by atoms with E-state index in [1.807, 2.05) is 6.07 Å². The number of ketones is 2. The second-order valence-electron chi connectivity index (χ2n) is 5.13. The first-order chi connectivity index (χ1) is 10.6. The van der Waals surface area contributed by atoms with Crippen LogP contribution in [-0.2, 0) is 6.42 Å². The third-order valence-corrected chi connectivity index (χ3v) is 3.79. The largest absolute Gasteiger partial charge is 0.289 e. The van der Waals surface area contributed by atoms with Crippen molar-refractivity contribution in [2.75, 3.05) is 0 Å². The number of Topliss-reactive ketones (excluding diaryl/α,β-unsaturated/α-hetero) is 2. The Kier molecular flexibility index (Phi) is 3.40. The van der Waals surface area contributed by atoms with Crippen LogP contribution < -0.4 is 0 Å². The normalized spacial score (nSPS) is 13.8. The molecule has 4 nitrogen and oxygen atoms in total. The second kappa shape index (κ2) is 5.38. The molecule has 0 saturated heterocycles. The third-order valence-electron chi connectivity index (χ3n) is 3.79. The van der Waals surface area contributed by atoms with Crippen molar-refractivity contribution in [3.63, 3.8) is 0 Å². The van der Waals surface area contributed by atoms with Crippen LogP contribution in [0.5, 0.6) is 0 Å². The molecule has 0 radical (unpaired) electrons. The second-order valence-corrected chi connectivity index (χ2v) is 5.13. The molecule has 1 heterocycles. The summed E-state index contributed by atoms with van der Waals surface area (Å²) in [6.45, 7) is 1.67. The van der Waals surface area contributed by atoms with Gasteiger partial charge in [-0.15, -0.1) is 0 Å². The van der Waals surface area contributed by atoms with Gasteiger partial charge in [0.15, 0.2) is 11.6 Å². The van der Waals surface area contributed by atoms with Gasteiger partial charge < -0.3 is 0 Å². The zero-order valence-electron chi connectivity index (χ0n) is 12.0. The van der Waals surface area contributed by atoms with E-state index in [9.17, 15) is 9.59 Å². The van der Waals surface area contributed by atoms with Crippen LogP contribution in [0.4, 0.5) is 0 Å². The zero-order valence-corrected chi connectivity index (χ0v) is 12.0. The van der Waals surface area contributed by atoms with Crippen molar-refractivity contribution in [3.05, 3.63) is 76.1 Å². The number of hydrogen-bond acceptors (Lipinski definition) is 4. The Balaban J connectivity index is 2.04. The Bertz CT molecular complexity index is 873. The van der Waals surface area contributed by atoms with Crippen molar-refractivity contribution >= 4 is 11.6 Å². The van der Waals surface area contributed by atoms with Crippen LogP contribution in [0.2, 0.25) is 0 Å². The molecule has 0 atom stereocenters. The molecule has 0 saturated carbocycles. The van der Waals surface area contributed by atoms with Gasteiger partial charge >= 0.3 is 0 Å². The summed E-state index contributed by atoms with van der Waals surface area (Å²) in [6.07, 6.45) is 1.78. The van der Waals surface area contributed by atoms with Gasteiger partial charge in [-0.25, -0.2) is 0 Å². The minimum atomic E-state index is -0.142. The Hall–Kier alpha value is -3.06. The number of carbonyl (C=O) groups excluding carboxylic acids is 2. The predicted molar refractivity (Wildman–Crippen MR) is 80.5 cm³/mol. The highest BCUT2D eigenvalue weighted by Gasteiger charge is 2.29. The molecule has 1 aliphatic carbocycles. The van der Waals surface area contributed by atoms with E-state index in [2.05, 4.69) is 4.98 Å². The average Bonchev–Trinajstić information content (AvgIpc) is 2.57. The van der Waals surface area contributed by atoms with Gasteiger partial charge in [0.05, 0.1) is 11.6 Å². The molecule has 3 rings (SSSR count). The topological polar surface area (TPSA) is 70.8 Å². The number of rotatable bonds is 2. The first-order valence-corrected chi connectivity index (χ1v) is 6.85. The van der Waals surface area contributed by atoms with Gasteiger partial charge in [-0.1, -0.05) is 24.3 Å². The van der Waals surface area contributed by atoms with E-state index >= 15 is 0 Å². The van der Waals surface area contributed by atoms with E-state index in [0.29, 0.717) is 33.5 Å². The van der Waals surface area contributed by atoms with Gasteiger partial charge in [0, 0.05) is 40.6 Å². The minimum absolute atomic E-state index is 0.123. The number of benzene rings is 1. The molecule has 0 bridgehead atoms. The van der Waals surface area contributed by atoms with Crippen LogP contribution in [-0.4, -0.2) is 16.6 Å². The summed E-state index contributed by atoms with van der Waals surface area (Å²) < 4.78 is 0. The Morgan fingerprint density at radius 2 is 1.77 bits per heavy atom. The molecular weight excluding hydrogens is 276 g/mol. The van der Waals surface area contributed by atoms with Gasteiger partial charge in [0.25, 0.3) is 0 Å². The van der Waals surface area contributed by atoms with Gasteiger partial charge in [-0.05, 0) is 19.1 Å². The summed E-state index contributed by atoms with van der Waals surface area (Å²) >= 11 is 0. The summed E-state index contributed by atoms with van der Waals surface area (Å²) in [4.78, 5) is 29.2. The van der Waals surface area contributed by atoms with E-state index in [1.165, 1.54) is 6.20 Å². The molecule has 1 aromatic carbocycles. The minimum Gasteiger partial charge on any atom is -0.289 e. The molecule has 0 spiro atoms. The van der Waals surface area contributed by atoms with Crippen molar-refractivity contribution in [2.45, 2.75) is 13.3 Å². The first-order valence-electron chi connectivity index (χ1n) is 6.85. The molecule has 0 fully saturated rings. The number of carbonyl (C=O) groups is 2. The highest BCUT2D eigenvalue weighted by Crippen LogP contribution is 2.27. The summed E-state index contributed by atoms with van der Waals surface area (Å²) in [5.41, 5.74) is 2.88. The number of nitriles is 1. The molecule has 1 aromatic heterocycles. The van der Waals surface area contributed by atoms with Crippen molar-refractivity contribution in [2.24, 2.45) is 0 Å². The lowest BCUT2D eigenvalue weighted by molar-refractivity contribution is 0.0973. The molecule has 4 heteroatoms. The molecular formula is C18H12N2O2. The van der Waals surface area contributed by atoms with E-state index in [0.717, 1.165) is 0 Å². The van der Waals surface area contributed by atoms with Crippen molar-refractivity contribution in [1.29, 1.82) is 5.26 Å². The van der Waals surface area contributed by atoms with Gasteiger partial charge in [-0.3, -0.25) is 14.6 Å². The number of pyridine rings is 1. The Labute approximate surface area is 127 Å². The van der Waals surface area contributed by atoms with E-state index < -0.39 is 0 Å². The zero-order chi connectivity index (χ0) is 15.7. The lowest BCUT2D eigenvalue weighted by Crippen LogP contribution is -2.22. The Morgan fingerprint density at radius 3 is 2.45 bits per heavy atom. The van der Waals surface area contributed by atoms with Crippen molar-refractivity contribution < 1.29 is 9.59 Å². The molecule has 0 aliphatic heterocycles. The SMILES string of the molecule is CC1=C(Cc2cc(C#N)ccn2)C(=O)c2ccccc2C1=O. The highest BCUT2D eigenvalue weighted by atomic mass is 16.1. The molecule has 2 aromatic rings. The fraction of sp³-hybridized carbons (Fsp3) is 0.111. The van der Waals surface area contributed by atoms with E-state index in [1.54, 1.807) is 43.3 Å². The molecule has 0 unspecified atom stereocenters. The van der Waals surface area contributed by atoms with Crippen LogP contribution in [0.15, 0.2) is 53.7 Å². The monoisotopic (exact) mass is 288 g/mol. The lowest BCUT2D eigenvalue weighted by Gasteiger charge is -2.18. The molecule has 22 heavy (non-hydrogen) atoms. The predicted octanol–water partition coefficient (Wildman–Crippen LogP) is 2.89. The van der Waals surface area contributed by atoms with Gasteiger partial charge in [0.2, 0.25) is 0 Å². The standard InChI is InChI=1S/C18H12N2O2/c1-11-16(9-13-8-12(10-19)6-7-20-13)18(22)15-5-3-2-4-14(15)17(11)21/h2-8H,9H2,1H3. The highest BCUT2D eigenvalue weighted by molar-refractivity contribution is 6.26. The quantitative estimate of drug-likeness (QED) is 0.852. The fourth-order valence-corrected chi connectivity index (χ4v) is 2.59. The number of allylic oxidation sites excluding steroid dienone is 2. The number of aromatic nitrogens is 1. The van der Waals surface area contributed by atoms with Crippen LogP contribution in [0.3, 0.4) is 0 Å². The van der Waals surface area contributed by atoms with Crippen LogP contribution >= 0.6 is 0 Å². The van der Waals surface area contributed by atoms with Crippen molar-refractivity contribution in [1.82, 2.24) is 4.98 Å². The number of nitrogens with zero attached hydrogens (tertiary/aromatic N) is 2. The maximum atomic E-state index is 12.6. The third kappa shape index (κ3) is 2.23. The smallest absolute Gasteiger partial charge is 0.190 e. The first kappa shape index (κ1) is 13.9. The lowest BCUT2D eigenvalue weighted by atomic mass is 9.83. The molecule has 0 N–H and O–H groups in total. The number of fused-ring (bicyclic) bond motifs is 1. The maximum Gasteiger partial charge on any atom is 0.190 e. The van der Waals surface area contributed by atoms with Gasteiger partial charge in [-0.2, -0.15) is 5.26 Å². The summed E-state index contributed by atoms with van der Waals surface area (Å²) in [7, 11) is 0. The Morgan fingerprint density at radius 1 is 1.09 bits per heavy atom. The number of hydrogen-bond donors (Lipinski definition) is 0. The van der Waals surface area contributed by atoms with Gasteiger partial charge in [0.1, 0.15) is 0 Å². The average molecular weight is 288 g/mol. The summed E-state index contributed by atoms with van der Waals surface area (Å²) in [6, 6.07) is 12.1. The van der Waals surface area contributed by atoms with Crippen LogP contribution in [0, 0.1) is 11.3 Å². The van der Waals surface area contributed by atoms with Crippen LogP contribution in [0.1, 0.15) is 38.9 Å². The summed E-state index contributed by atoms with van der Waals surface area (Å²) in [5.74, 6) is -0.265.